The fourth-order valence-corrected chi connectivity index (χ4v) is 4.69. The minimum absolute atomic E-state index is 0.0502. The van der Waals surface area contributed by atoms with E-state index in [0.717, 1.165) is 22.6 Å². The van der Waals surface area contributed by atoms with Crippen LogP contribution in [0.1, 0.15) is 40.4 Å². The maximum Gasteiger partial charge on any atom is 0.193 e. The third kappa shape index (κ3) is 3.81. The normalized spacial score (nSPS) is 19.6. The summed E-state index contributed by atoms with van der Waals surface area (Å²) >= 11 is 12.4. The third-order valence-corrected chi connectivity index (χ3v) is 6.72. The molecule has 2 aliphatic rings. The van der Waals surface area contributed by atoms with E-state index in [4.69, 9.17) is 23.2 Å². The highest BCUT2D eigenvalue weighted by molar-refractivity contribution is 6.42. The van der Waals surface area contributed by atoms with Gasteiger partial charge in [-0.3, -0.25) is 9.59 Å². The SMILES string of the molecule is O=C(c1ccccc1)c1ccc2c(c1)NC1=CCCC(=O)[C@H]1[C@H](c1ccc(Cl)c(Cl)c1)N2. The van der Waals surface area contributed by atoms with Crippen LogP contribution < -0.4 is 10.6 Å². The molecule has 6 heteroatoms. The maximum absolute atomic E-state index is 13.0. The van der Waals surface area contributed by atoms with E-state index in [1.807, 2.05) is 36.4 Å². The van der Waals surface area contributed by atoms with Crippen molar-refractivity contribution in [2.45, 2.75) is 18.9 Å². The molecule has 3 aromatic carbocycles. The molecule has 3 aromatic rings. The van der Waals surface area contributed by atoms with Gasteiger partial charge in [0.15, 0.2) is 5.78 Å². The predicted molar refractivity (Wildman–Crippen MR) is 129 cm³/mol. The average molecular weight is 463 g/mol. The van der Waals surface area contributed by atoms with Gasteiger partial charge in [0.2, 0.25) is 0 Å². The van der Waals surface area contributed by atoms with Gasteiger partial charge >= 0.3 is 0 Å². The fourth-order valence-electron chi connectivity index (χ4n) is 4.38. The van der Waals surface area contributed by atoms with Crippen LogP contribution in [-0.4, -0.2) is 11.6 Å². The Morgan fingerprint density at radius 1 is 0.875 bits per heavy atom. The molecule has 1 aliphatic heterocycles. The van der Waals surface area contributed by atoms with Crippen LogP contribution in [0.25, 0.3) is 0 Å². The van der Waals surface area contributed by atoms with E-state index in [0.29, 0.717) is 34.0 Å². The van der Waals surface area contributed by atoms with E-state index in [2.05, 4.69) is 16.7 Å². The zero-order valence-corrected chi connectivity index (χ0v) is 18.6. The molecule has 0 aromatic heterocycles. The minimum Gasteiger partial charge on any atom is -0.375 e. The standard InChI is InChI=1S/C26H20Cl2N2O2/c27-18-11-9-16(13-19(18)28)25-24-21(7-4-8-23(24)31)29-22-14-17(10-12-20(22)30-25)26(32)15-5-2-1-3-6-15/h1-3,5-7,9-14,24-25,29-30H,4,8H2/t24-,25-/m0/s1. The van der Waals surface area contributed by atoms with Gasteiger partial charge in [-0.05, 0) is 42.3 Å². The summed E-state index contributed by atoms with van der Waals surface area (Å²) in [6.45, 7) is 0. The molecule has 0 bridgehead atoms. The highest BCUT2D eigenvalue weighted by atomic mass is 35.5. The first kappa shape index (κ1) is 20.8. The van der Waals surface area contributed by atoms with Crippen LogP contribution in [0, 0.1) is 5.92 Å². The quantitative estimate of drug-likeness (QED) is 0.426. The first-order chi connectivity index (χ1) is 15.5. The number of hydrogen-bond acceptors (Lipinski definition) is 4. The molecule has 0 spiro atoms. The van der Waals surface area contributed by atoms with Crippen LogP contribution in [0.4, 0.5) is 11.4 Å². The van der Waals surface area contributed by atoms with Crippen molar-refractivity contribution in [2.24, 2.45) is 5.92 Å². The topological polar surface area (TPSA) is 58.2 Å². The number of anilines is 2. The number of hydrogen-bond donors (Lipinski definition) is 2. The second kappa shape index (κ2) is 8.45. The van der Waals surface area contributed by atoms with Crippen molar-refractivity contribution >= 4 is 46.1 Å². The average Bonchev–Trinajstić information content (AvgIpc) is 2.98. The summed E-state index contributed by atoms with van der Waals surface area (Å²) in [4.78, 5) is 26.0. The number of halogens is 2. The molecule has 0 saturated carbocycles. The van der Waals surface area contributed by atoms with Gasteiger partial charge in [-0.1, -0.05) is 65.7 Å². The van der Waals surface area contributed by atoms with E-state index < -0.39 is 0 Å². The summed E-state index contributed by atoms with van der Waals surface area (Å²) in [7, 11) is 0. The molecule has 32 heavy (non-hydrogen) atoms. The van der Waals surface area contributed by atoms with Gasteiger partial charge < -0.3 is 10.6 Å². The highest BCUT2D eigenvalue weighted by Gasteiger charge is 2.37. The Kier molecular flexibility index (Phi) is 5.50. The second-order valence-electron chi connectivity index (χ2n) is 8.02. The first-order valence-corrected chi connectivity index (χ1v) is 11.2. The minimum atomic E-state index is -0.387. The second-order valence-corrected chi connectivity index (χ2v) is 8.83. The number of rotatable bonds is 3. The molecule has 2 N–H and O–H groups in total. The van der Waals surface area contributed by atoms with Gasteiger partial charge in [0.1, 0.15) is 5.78 Å². The maximum atomic E-state index is 13.0. The molecule has 5 rings (SSSR count). The van der Waals surface area contributed by atoms with Crippen molar-refractivity contribution in [3.8, 4) is 0 Å². The van der Waals surface area contributed by atoms with Crippen LogP contribution in [0.3, 0.4) is 0 Å². The molecule has 0 amide bonds. The van der Waals surface area contributed by atoms with Gasteiger partial charge in [0.05, 0.1) is 33.4 Å². The van der Waals surface area contributed by atoms with E-state index in [9.17, 15) is 9.59 Å². The molecule has 160 valence electrons. The Balaban J connectivity index is 1.58. The molecule has 2 atom stereocenters. The summed E-state index contributed by atoms with van der Waals surface area (Å²) in [6, 6.07) is 19.8. The molecule has 0 fully saturated rings. The number of fused-ring (bicyclic) bond motifs is 2. The van der Waals surface area contributed by atoms with Crippen molar-refractivity contribution in [2.75, 3.05) is 10.6 Å². The fraction of sp³-hybridized carbons (Fsp3) is 0.154. The van der Waals surface area contributed by atoms with Crippen LogP contribution in [0.5, 0.6) is 0 Å². The molecule has 4 nitrogen and oxygen atoms in total. The van der Waals surface area contributed by atoms with E-state index >= 15 is 0 Å². The molecular formula is C26H20Cl2N2O2. The van der Waals surface area contributed by atoms with Crippen LogP contribution >= 0.6 is 23.2 Å². The number of carbonyl (C=O) groups excluding carboxylic acids is 2. The molecule has 0 saturated heterocycles. The number of carbonyl (C=O) groups is 2. The van der Waals surface area contributed by atoms with Gasteiger partial charge in [-0.25, -0.2) is 0 Å². The summed E-state index contributed by atoms with van der Waals surface area (Å²) in [5.41, 5.74) is 4.51. The summed E-state index contributed by atoms with van der Waals surface area (Å²) in [5.74, 6) is -0.278. The van der Waals surface area contributed by atoms with Crippen LogP contribution in [-0.2, 0) is 4.79 Å². The van der Waals surface area contributed by atoms with Gasteiger partial charge in [-0.2, -0.15) is 0 Å². The number of benzene rings is 3. The molecule has 0 radical (unpaired) electrons. The zero-order valence-electron chi connectivity index (χ0n) is 17.1. The van der Waals surface area contributed by atoms with Gasteiger partial charge in [0.25, 0.3) is 0 Å². The number of allylic oxidation sites excluding steroid dienone is 1. The van der Waals surface area contributed by atoms with Crippen LogP contribution in [0.2, 0.25) is 10.0 Å². The largest absolute Gasteiger partial charge is 0.375 e. The smallest absolute Gasteiger partial charge is 0.193 e. The van der Waals surface area contributed by atoms with Crippen molar-refractivity contribution in [3.63, 3.8) is 0 Å². The Labute approximate surface area is 196 Å². The van der Waals surface area contributed by atoms with E-state index in [1.165, 1.54) is 0 Å². The summed E-state index contributed by atoms with van der Waals surface area (Å²) < 4.78 is 0. The highest BCUT2D eigenvalue weighted by Crippen LogP contribution is 2.43. The molecule has 0 unspecified atom stereocenters. The number of Topliss-reactive ketones (excluding diaryl/α,β-unsaturated/α-hetero) is 1. The number of ketones is 2. The monoisotopic (exact) mass is 462 g/mol. The van der Waals surface area contributed by atoms with Gasteiger partial charge in [0, 0.05) is 23.2 Å². The lowest BCUT2D eigenvalue weighted by molar-refractivity contribution is -0.122. The zero-order chi connectivity index (χ0) is 22.2. The van der Waals surface area contributed by atoms with Crippen molar-refractivity contribution < 1.29 is 9.59 Å². The summed E-state index contributed by atoms with van der Waals surface area (Å²) in [5, 5.41) is 7.87. The van der Waals surface area contributed by atoms with Crippen molar-refractivity contribution in [1.82, 2.24) is 0 Å². The number of nitrogens with one attached hydrogen (secondary N) is 2. The Morgan fingerprint density at radius 3 is 2.47 bits per heavy atom. The van der Waals surface area contributed by atoms with E-state index in [-0.39, 0.29) is 23.5 Å². The lowest BCUT2D eigenvalue weighted by Gasteiger charge is -2.29. The Bertz CT molecular complexity index is 1250. The predicted octanol–water partition coefficient (Wildman–Crippen LogP) is 6.67. The lowest BCUT2D eigenvalue weighted by Crippen LogP contribution is -2.31. The molecule has 1 heterocycles. The Hall–Kier alpha value is -3.08. The van der Waals surface area contributed by atoms with Crippen molar-refractivity contribution in [3.05, 3.63) is 105 Å². The summed E-state index contributed by atoms with van der Waals surface area (Å²) in [6.07, 6.45) is 3.24. The third-order valence-electron chi connectivity index (χ3n) is 5.98. The van der Waals surface area contributed by atoms with Gasteiger partial charge in [-0.15, -0.1) is 0 Å². The van der Waals surface area contributed by atoms with E-state index in [1.54, 1.807) is 30.3 Å². The van der Waals surface area contributed by atoms with Crippen LogP contribution in [0.15, 0.2) is 78.5 Å². The molecular weight excluding hydrogens is 443 g/mol. The Morgan fingerprint density at radius 2 is 1.69 bits per heavy atom. The first-order valence-electron chi connectivity index (χ1n) is 10.5. The lowest BCUT2D eigenvalue weighted by atomic mass is 9.82. The van der Waals surface area contributed by atoms with Crippen molar-refractivity contribution in [1.29, 1.82) is 0 Å². The molecule has 1 aliphatic carbocycles.